The van der Waals surface area contributed by atoms with Crippen LogP contribution in [0.3, 0.4) is 0 Å². The number of anilines is 1. The molecule has 88 valence electrons. The Morgan fingerprint density at radius 3 is 2.75 bits per heavy atom. The molecule has 1 N–H and O–H groups in total. The molecule has 0 amide bonds. The van der Waals surface area contributed by atoms with E-state index in [2.05, 4.69) is 24.1 Å². The number of nitrogens with zero attached hydrogens (tertiary/aromatic N) is 1. The first-order valence-electron chi connectivity index (χ1n) is 5.76. The lowest BCUT2D eigenvalue weighted by molar-refractivity contribution is 0.402. The minimum Gasteiger partial charge on any atom is -0.365 e. The molecule has 0 radical (unpaired) electrons. The fourth-order valence-electron chi connectivity index (χ4n) is 2.69. The molecule has 1 aliphatic rings. The molecule has 1 saturated heterocycles. The quantitative estimate of drug-likeness (QED) is 0.826. The summed E-state index contributed by atoms with van der Waals surface area (Å²) in [6.07, 6.45) is 1.10. The smallest absolute Gasteiger partial charge is 0.125 e. The molecule has 0 aromatic heterocycles. The van der Waals surface area contributed by atoms with Gasteiger partial charge in [0.15, 0.2) is 0 Å². The van der Waals surface area contributed by atoms with Crippen molar-refractivity contribution >= 4 is 5.69 Å². The monoisotopic (exact) mass is 222 g/mol. The molecule has 0 bridgehead atoms. The van der Waals surface area contributed by atoms with Crippen molar-refractivity contribution in [2.75, 3.05) is 18.5 Å². The van der Waals surface area contributed by atoms with Crippen LogP contribution in [0, 0.1) is 5.82 Å². The Bertz CT molecular complexity index is 376. The van der Waals surface area contributed by atoms with Crippen LogP contribution < -0.4 is 10.2 Å². The third-order valence-corrected chi connectivity index (χ3v) is 3.66. The summed E-state index contributed by atoms with van der Waals surface area (Å²) in [6, 6.07) is 7.30. The van der Waals surface area contributed by atoms with Gasteiger partial charge in [0.2, 0.25) is 0 Å². The van der Waals surface area contributed by atoms with Crippen LogP contribution in [0.2, 0.25) is 0 Å². The Labute approximate surface area is 96.5 Å². The molecule has 16 heavy (non-hydrogen) atoms. The van der Waals surface area contributed by atoms with Gasteiger partial charge in [0, 0.05) is 23.8 Å². The van der Waals surface area contributed by atoms with E-state index in [1.165, 1.54) is 6.07 Å². The second-order valence-electron chi connectivity index (χ2n) is 4.92. The predicted molar refractivity (Wildman–Crippen MR) is 65.3 cm³/mol. The maximum absolute atomic E-state index is 13.2. The molecule has 0 saturated carbocycles. The van der Waals surface area contributed by atoms with Crippen LogP contribution in [0.4, 0.5) is 10.1 Å². The van der Waals surface area contributed by atoms with Crippen molar-refractivity contribution < 1.29 is 4.39 Å². The van der Waals surface area contributed by atoms with Crippen LogP contribution in [-0.4, -0.2) is 25.2 Å². The lowest BCUT2D eigenvalue weighted by Crippen LogP contribution is -2.50. The van der Waals surface area contributed by atoms with Gasteiger partial charge in [-0.3, -0.25) is 0 Å². The van der Waals surface area contributed by atoms with Gasteiger partial charge < -0.3 is 10.2 Å². The highest BCUT2D eigenvalue weighted by Gasteiger charge is 2.40. The van der Waals surface area contributed by atoms with Gasteiger partial charge in [-0.25, -0.2) is 4.39 Å². The van der Waals surface area contributed by atoms with Crippen molar-refractivity contribution in [3.63, 3.8) is 0 Å². The number of hydrogen-bond donors (Lipinski definition) is 1. The highest BCUT2D eigenvalue weighted by Crippen LogP contribution is 2.33. The van der Waals surface area contributed by atoms with E-state index in [4.69, 9.17) is 0 Å². The van der Waals surface area contributed by atoms with Crippen LogP contribution in [0.5, 0.6) is 0 Å². The van der Waals surface area contributed by atoms with Gasteiger partial charge in [-0.05, 0) is 45.5 Å². The Balaban J connectivity index is 2.29. The zero-order valence-electron chi connectivity index (χ0n) is 10.1. The molecule has 3 heteroatoms. The summed E-state index contributed by atoms with van der Waals surface area (Å²) in [5.41, 5.74) is 1.01. The van der Waals surface area contributed by atoms with Crippen molar-refractivity contribution in [2.45, 2.75) is 31.8 Å². The van der Waals surface area contributed by atoms with E-state index in [1.807, 2.05) is 13.1 Å². The van der Waals surface area contributed by atoms with Crippen molar-refractivity contribution in [1.82, 2.24) is 5.32 Å². The zero-order chi connectivity index (χ0) is 11.8. The predicted octanol–water partition coefficient (Wildman–Crippen LogP) is 2.40. The minimum absolute atomic E-state index is 0.0303. The number of hydrogen-bond acceptors (Lipinski definition) is 2. The topological polar surface area (TPSA) is 15.3 Å². The van der Waals surface area contributed by atoms with Crippen molar-refractivity contribution in [3.8, 4) is 0 Å². The standard InChI is InChI=1S/C13H19FN2/c1-13(2)12(15-3)7-8-16(13)11-6-4-5-10(14)9-11/h4-6,9,12,15H,7-8H2,1-3H3. The van der Waals surface area contributed by atoms with E-state index < -0.39 is 0 Å². The van der Waals surface area contributed by atoms with Crippen LogP contribution >= 0.6 is 0 Å². The Kier molecular flexibility index (Phi) is 2.89. The molecule has 1 aromatic rings. The zero-order valence-corrected chi connectivity index (χ0v) is 10.1. The fourth-order valence-corrected chi connectivity index (χ4v) is 2.69. The minimum atomic E-state index is -0.166. The largest absolute Gasteiger partial charge is 0.365 e. The summed E-state index contributed by atoms with van der Waals surface area (Å²) in [6.45, 7) is 5.38. The van der Waals surface area contributed by atoms with Gasteiger partial charge in [0.1, 0.15) is 5.82 Å². The van der Waals surface area contributed by atoms with E-state index in [-0.39, 0.29) is 11.4 Å². The molecule has 1 aromatic carbocycles. The Morgan fingerprint density at radius 2 is 2.19 bits per heavy atom. The number of halogens is 1. The Hall–Kier alpha value is -1.09. The van der Waals surface area contributed by atoms with E-state index in [0.717, 1.165) is 18.7 Å². The van der Waals surface area contributed by atoms with Gasteiger partial charge in [-0.2, -0.15) is 0 Å². The molecule has 2 rings (SSSR count). The van der Waals surface area contributed by atoms with Crippen molar-refractivity contribution in [1.29, 1.82) is 0 Å². The lowest BCUT2D eigenvalue weighted by Gasteiger charge is -2.37. The van der Waals surface area contributed by atoms with E-state index in [9.17, 15) is 4.39 Å². The highest BCUT2D eigenvalue weighted by molar-refractivity contribution is 5.51. The van der Waals surface area contributed by atoms with Crippen molar-refractivity contribution in [3.05, 3.63) is 30.1 Å². The first-order valence-corrected chi connectivity index (χ1v) is 5.76. The molecule has 0 aliphatic carbocycles. The average Bonchev–Trinajstić information content (AvgIpc) is 2.53. The molecule has 1 heterocycles. The lowest BCUT2D eigenvalue weighted by atomic mass is 9.95. The van der Waals surface area contributed by atoms with Gasteiger partial charge in [-0.15, -0.1) is 0 Å². The van der Waals surface area contributed by atoms with E-state index in [0.29, 0.717) is 6.04 Å². The summed E-state index contributed by atoms with van der Waals surface area (Å²) in [7, 11) is 1.99. The maximum Gasteiger partial charge on any atom is 0.125 e. The molecule has 1 unspecified atom stereocenters. The SMILES string of the molecule is CNC1CCN(c2cccc(F)c2)C1(C)C. The molecule has 1 fully saturated rings. The first-order chi connectivity index (χ1) is 7.55. The number of rotatable bonds is 2. The summed E-state index contributed by atoms with van der Waals surface area (Å²) in [5, 5.41) is 3.33. The maximum atomic E-state index is 13.2. The molecule has 1 atom stereocenters. The summed E-state index contributed by atoms with van der Waals surface area (Å²) in [4.78, 5) is 2.28. The van der Waals surface area contributed by atoms with Crippen molar-refractivity contribution in [2.24, 2.45) is 0 Å². The van der Waals surface area contributed by atoms with Crippen LogP contribution in [-0.2, 0) is 0 Å². The number of nitrogens with one attached hydrogen (secondary N) is 1. The average molecular weight is 222 g/mol. The van der Waals surface area contributed by atoms with Crippen LogP contribution in [0.15, 0.2) is 24.3 Å². The number of benzene rings is 1. The normalized spacial score (nSPS) is 23.8. The van der Waals surface area contributed by atoms with Gasteiger partial charge in [0.25, 0.3) is 0 Å². The molecular formula is C13H19FN2. The molecule has 0 spiro atoms. The highest BCUT2D eigenvalue weighted by atomic mass is 19.1. The molecular weight excluding hydrogens is 203 g/mol. The second-order valence-corrected chi connectivity index (χ2v) is 4.92. The van der Waals surface area contributed by atoms with E-state index in [1.54, 1.807) is 12.1 Å². The number of likely N-dealkylation sites (N-methyl/N-ethyl adjacent to an activating group) is 1. The summed E-state index contributed by atoms with van der Waals surface area (Å²) >= 11 is 0. The van der Waals surface area contributed by atoms with E-state index >= 15 is 0 Å². The first kappa shape index (κ1) is 11.4. The van der Waals surface area contributed by atoms with Gasteiger partial charge >= 0.3 is 0 Å². The molecule has 1 aliphatic heterocycles. The summed E-state index contributed by atoms with van der Waals surface area (Å²) in [5.74, 6) is -0.166. The van der Waals surface area contributed by atoms with Crippen LogP contribution in [0.25, 0.3) is 0 Å². The van der Waals surface area contributed by atoms with Gasteiger partial charge in [-0.1, -0.05) is 6.07 Å². The fraction of sp³-hybridized carbons (Fsp3) is 0.538. The molecule has 2 nitrogen and oxygen atoms in total. The third-order valence-electron chi connectivity index (χ3n) is 3.66. The second kappa shape index (κ2) is 4.06. The summed E-state index contributed by atoms with van der Waals surface area (Å²) < 4.78 is 13.2. The Morgan fingerprint density at radius 1 is 1.44 bits per heavy atom. The third kappa shape index (κ3) is 1.80. The van der Waals surface area contributed by atoms with Crippen LogP contribution in [0.1, 0.15) is 20.3 Å². The van der Waals surface area contributed by atoms with Gasteiger partial charge in [0.05, 0.1) is 0 Å².